The van der Waals surface area contributed by atoms with Crippen LogP contribution in [0.4, 0.5) is 0 Å². The molecule has 3 N–H and O–H groups in total. The van der Waals surface area contributed by atoms with E-state index < -0.39 is 12.0 Å². The summed E-state index contributed by atoms with van der Waals surface area (Å²) in [6.07, 6.45) is 2.22. The van der Waals surface area contributed by atoms with Crippen molar-refractivity contribution in [3.05, 3.63) is 23.9 Å². The van der Waals surface area contributed by atoms with Gasteiger partial charge >= 0.3 is 5.97 Å². The number of hydrogen-bond acceptors (Lipinski definition) is 5. The minimum absolute atomic E-state index is 0.391. The third kappa shape index (κ3) is 2.55. The lowest BCUT2D eigenvalue weighted by atomic mass is 10.1. The van der Waals surface area contributed by atoms with Crippen molar-refractivity contribution in [1.29, 1.82) is 0 Å². The molecule has 0 saturated carbocycles. The highest BCUT2D eigenvalue weighted by Gasteiger charge is 2.17. The number of methoxy groups -OCH3 is 3. The molecular formula is C14H18N2O4. The molecular weight excluding hydrogens is 260 g/mol. The number of esters is 1. The van der Waals surface area contributed by atoms with E-state index in [1.165, 1.54) is 7.11 Å². The number of carbonyl (C=O) groups excluding carboxylic acids is 1. The van der Waals surface area contributed by atoms with Crippen molar-refractivity contribution in [3.63, 3.8) is 0 Å². The van der Waals surface area contributed by atoms with E-state index in [9.17, 15) is 4.79 Å². The van der Waals surface area contributed by atoms with Gasteiger partial charge in [-0.15, -0.1) is 0 Å². The lowest BCUT2D eigenvalue weighted by molar-refractivity contribution is -0.142. The van der Waals surface area contributed by atoms with Crippen LogP contribution in [0.1, 0.15) is 5.56 Å². The Morgan fingerprint density at radius 3 is 2.50 bits per heavy atom. The molecule has 0 aliphatic heterocycles. The van der Waals surface area contributed by atoms with Crippen molar-refractivity contribution in [2.45, 2.75) is 12.5 Å². The van der Waals surface area contributed by atoms with Gasteiger partial charge in [0.1, 0.15) is 6.04 Å². The zero-order valence-electron chi connectivity index (χ0n) is 11.7. The first-order valence-electron chi connectivity index (χ1n) is 6.16. The molecule has 0 bridgehead atoms. The quantitative estimate of drug-likeness (QED) is 0.803. The van der Waals surface area contributed by atoms with Crippen LogP contribution in [0, 0.1) is 0 Å². The smallest absolute Gasteiger partial charge is 0.322 e. The topological polar surface area (TPSA) is 86.6 Å². The summed E-state index contributed by atoms with van der Waals surface area (Å²) in [5, 5.41) is 0.946. The van der Waals surface area contributed by atoms with E-state index in [4.69, 9.17) is 15.2 Å². The standard InChI is InChI=1S/C14H18N2O4/c1-18-12-5-9-8(4-10(15)14(17)20-3)7-16-11(9)6-13(12)19-2/h5-7,10,16H,4,15H2,1-3H3/t10-/m1/s1. The van der Waals surface area contributed by atoms with E-state index in [1.807, 2.05) is 18.3 Å². The number of fused-ring (bicyclic) bond motifs is 1. The van der Waals surface area contributed by atoms with Gasteiger partial charge in [0.25, 0.3) is 0 Å². The second-order valence-corrected chi connectivity index (χ2v) is 4.40. The lowest BCUT2D eigenvalue weighted by Gasteiger charge is -2.10. The van der Waals surface area contributed by atoms with Crippen LogP contribution in [0.25, 0.3) is 10.9 Å². The SMILES string of the molecule is COC(=O)[C@H](N)Cc1c[nH]c2cc(OC)c(OC)cc12. The average molecular weight is 278 g/mol. The van der Waals surface area contributed by atoms with Gasteiger partial charge in [-0.3, -0.25) is 4.79 Å². The number of benzene rings is 1. The molecule has 0 aliphatic carbocycles. The van der Waals surface area contributed by atoms with E-state index in [0.29, 0.717) is 17.9 Å². The summed E-state index contributed by atoms with van der Waals surface area (Å²) in [5.41, 5.74) is 7.62. The van der Waals surface area contributed by atoms with Crippen LogP contribution in [0.5, 0.6) is 11.5 Å². The molecule has 1 aromatic heterocycles. The Bertz CT molecular complexity index is 621. The van der Waals surface area contributed by atoms with Gasteiger partial charge in [-0.05, 0) is 11.6 Å². The monoisotopic (exact) mass is 278 g/mol. The summed E-state index contributed by atoms with van der Waals surface area (Å²) in [7, 11) is 4.49. The Balaban J connectivity index is 2.38. The van der Waals surface area contributed by atoms with E-state index in [1.54, 1.807) is 14.2 Å². The molecule has 0 fully saturated rings. The second kappa shape index (κ2) is 5.83. The molecule has 6 nitrogen and oxygen atoms in total. The second-order valence-electron chi connectivity index (χ2n) is 4.40. The lowest BCUT2D eigenvalue weighted by Crippen LogP contribution is -2.33. The third-order valence-corrected chi connectivity index (χ3v) is 3.22. The van der Waals surface area contributed by atoms with Crippen LogP contribution in [0.3, 0.4) is 0 Å². The Kier molecular flexibility index (Phi) is 4.14. The number of aromatic amines is 1. The fourth-order valence-electron chi connectivity index (χ4n) is 2.15. The summed E-state index contributed by atoms with van der Waals surface area (Å²) < 4.78 is 15.2. The van der Waals surface area contributed by atoms with Crippen molar-refractivity contribution in [3.8, 4) is 11.5 Å². The van der Waals surface area contributed by atoms with Gasteiger partial charge in [0.2, 0.25) is 0 Å². The van der Waals surface area contributed by atoms with E-state index >= 15 is 0 Å². The first kappa shape index (κ1) is 14.2. The van der Waals surface area contributed by atoms with Gasteiger partial charge in [-0.2, -0.15) is 0 Å². The molecule has 108 valence electrons. The number of carbonyl (C=O) groups is 1. The maximum atomic E-state index is 11.4. The number of aromatic nitrogens is 1. The van der Waals surface area contributed by atoms with Crippen LogP contribution in [0.15, 0.2) is 18.3 Å². The maximum Gasteiger partial charge on any atom is 0.322 e. The zero-order valence-corrected chi connectivity index (χ0v) is 11.7. The molecule has 6 heteroatoms. The normalized spacial score (nSPS) is 12.2. The minimum Gasteiger partial charge on any atom is -0.493 e. The van der Waals surface area contributed by atoms with Crippen molar-refractivity contribution in [2.75, 3.05) is 21.3 Å². The first-order valence-corrected chi connectivity index (χ1v) is 6.16. The van der Waals surface area contributed by atoms with E-state index in [0.717, 1.165) is 16.5 Å². The molecule has 20 heavy (non-hydrogen) atoms. The Morgan fingerprint density at radius 1 is 1.25 bits per heavy atom. The molecule has 1 atom stereocenters. The molecule has 2 rings (SSSR count). The molecule has 0 spiro atoms. The number of H-pyrrole nitrogens is 1. The van der Waals surface area contributed by atoms with E-state index in [2.05, 4.69) is 9.72 Å². The molecule has 2 aromatic rings. The number of ether oxygens (including phenoxy) is 3. The highest BCUT2D eigenvalue weighted by molar-refractivity contribution is 5.87. The van der Waals surface area contributed by atoms with Gasteiger partial charge in [-0.1, -0.05) is 0 Å². The largest absolute Gasteiger partial charge is 0.493 e. The summed E-state index contributed by atoms with van der Waals surface area (Å²) in [6, 6.07) is 3.03. The molecule has 0 amide bonds. The Morgan fingerprint density at radius 2 is 1.90 bits per heavy atom. The number of nitrogens with one attached hydrogen (secondary N) is 1. The van der Waals surface area contributed by atoms with Crippen LogP contribution in [0.2, 0.25) is 0 Å². The van der Waals surface area contributed by atoms with Crippen LogP contribution in [-0.4, -0.2) is 38.3 Å². The first-order chi connectivity index (χ1) is 9.60. The zero-order chi connectivity index (χ0) is 14.7. The van der Waals surface area contributed by atoms with Gasteiger partial charge < -0.3 is 24.9 Å². The highest BCUT2D eigenvalue weighted by atomic mass is 16.5. The van der Waals surface area contributed by atoms with Gasteiger partial charge in [0.15, 0.2) is 11.5 Å². The van der Waals surface area contributed by atoms with Crippen molar-refractivity contribution < 1.29 is 19.0 Å². The molecule has 0 unspecified atom stereocenters. The minimum atomic E-state index is -0.688. The van der Waals surface area contributed by atoms with Gasteiger partial charge in [0, 0.05) is 29.6 Å². The molecule has 0 aliphatic rings. The molecule has 1 heterocycles. The average Bonchev–Trinajstić information content (AvgIpc) is 2.86. The van der Waals surface area contributed by atoms with Gasteiger partial charge in [-0.25, -0.2) is 0 Å². The third-order valence-electron chi connectivity index (χ3n) is 3.22. The summed E-state index contributed by atoms with van der Waals surface area (Å²) in [5.74, 6) is 0.845. The van der Waals surface area contributed by atoms with Gasteiger partial charge in [0.05, 0.1) is 21.3 Å². The Hall–Kier alpha value is -2.21. The van der Waals surface area contributed by atoms with Crippen molar-refractivity contribution in [1.82, 2.24) is 4.98 Å². The van der Waals surface area contributed by atoms with Crippen LogP contribution >= 0.6 is 0 Å². The van der Waals surface area contributed by atoms with E-state index in [-0.39, 0.29) is 0 Å². The highest BCUT2D eigenvalue weighted by Crippen LogP contribution is 2.33. The number of hydrogen-bond donors (Lipinski definition) is 2. The van der Waals surface area contributed by atoms with Crippen LogP contribution < -0.4 is 15.2 Å². The predicted molar refractivity (Wildman–Crippen MR) is 75.1 cm³/mol. The Labute approximate surface area is 116 Å². The predicted octanol–water partition coefficient (Wildman–Crippen LogP) is 1.23. The fraction of sp³-hybridized carbons (Fsp3) is 0.357. The fourth-order valence-corrected chi connectivity index (χ4v) is 2.15. The number of rotatable bonds is 5. The van der Waals surface area contributed by atoms with Crippen LogP contribution in [-0.2, 0) is 16.0 Å². The molecule has 0 saturated heterocycles. The number of nitrogens with two attached hydrogens (primary N) is 1. The summed E-state index contributed by atoms with van der Waals surface area (Å²) in [6.45, 7) is 0. The molecule has 1 aromatic carbocycles. The summed E-state index contributed by atoms with van der Waals surface area (Å²) >= 11 is 0. The molecule has 0 radical (unpaired) electrons. The van der Waals surface area contributed by atoms with Crippen molar-refractivity contribution >= 4 is 16.9 Å². The maximum absolute atomic E-state index is 11.4. The van der Waals surface area contributed by atoms with Crippen molar-refractivity contribution in [2.24, 2.45) is 5.73 Å². The summed E-state index contributed by atoms with van der Waals surface area (Å²) in [4.78, 5) is 14.5.